The van der Waals surface area contributed by atoms with Crippen LogP contribution < -0.4 is 5.32 Å². The Balaban J connectivity index is 2.08. The van der Waals surface area contributed by atoms with Crippen molar-refractivity contribution >= 4 is 27.5 Å². The number of halogens is 1. The van der Waals surface area contributed by atoms with Gasteiger partial charge in [-0.05, 0) is 30.3 Å². The van der Waals surface area contributed by atoms with Crippen LogP contribution in [0.4, 0.5) is 10.1 Å². The molecule has 2 amide bonds. The molecule has 1 aromatic rings. The van der Waals surface area contributed by atoms with Crippen molar-refractivity contribution in [2.24, 2.45) is 0 Å². The molecule has 0 aromatic heterocycles. The number of piperazine rings is 1. The Morgan fingerprint density at radius 2 is 1.75 bits per heavy atom. The molecule has 1 saturated heterocycles. The first-order valence-corrected chi connectivity index (χ1v) is 10.1. The number of hydrogen-bond donors (Lipinski definition) is 1. The molecule has 0 bridgehead atoms. The van der Waals surface area contributed by atoms with Gasteiger partial charge in [-0.25, -0.2) is 12.8 Å². The van der Waals surface area contributed by atoms with Gasteiger partial charge >= 0.3 is 0 Å². The second-order valence-corrected chi connectivity index (χ2v) is 7.89. The molecule has 1 N–H and O–H groups in total. The minimum Gasteiger partial charge on any atom is -0.340 e. The fourth-order valence-electron chi connectivity index (χ4n) is 2.57. The van der Waals surface area contributed by atoms with Crippen molar-refractivity contribution in [2.75, 3.05) is 31.5 Å². The number of hydrogen-bond acceptors (Lipinski definition) is 4. The van der Waals surface area contributed by atoms with E-state index < -0.39 is 21.7 Å². The van der Waals surface area contributed by atoms with Crippen LogP contribution in [0, 0.1) is 5.82 Å². The SMILES string of the molecule is C=C/C=C(\C=C\S(=O)(=O)N1CCN(C(C)=O)CC1)C(=O)Nc1ccc(F)cc1. The number of rotatable bonds is 6. The van der Waals surface area contributed by atoms with Gasteiger partial charge in [0.2, 0.25) is 15.9 Å². The van der Waals surface area contributed by atoms with Crippen molar-refractivity contribution < 1.29 is 22.4 Å². The van der Waals surface area contributed by atoms with Crippen molar-refractivity contribution in [2.45, 2.75) is 6.92 Å². The van der Waals surface area contributed by atoms with Crippen LogP contribution in [0.2, 0.25) is 0 Å². The Labute approximate surface area is 163 Å². The highest BCUT2D eigenvalue weighted by Crippen LogP contribution is 2.13. The molecular weight excluding hydrogens is 385 g/mol. The van der Waals surface area contributed by atoms with Crippen LogP contribution in [0.1, 0.15) is 6.92 Å². The zero-order valence-corrected chi connectivity index (χ0v) is 16.3. The first-order chi connectivity index (χ1) is 13.2. The van der Waals surface area contributed by atoms with Gasteiger partial charge in [0.05, 0.1) is 0 Å². The number of anilines is 1. The van der Waals surface area contributed by atoms with Gasteiger partial charge in [-0.15, -0.1) is 0 Å². The number of carbonyl (C=O) groups is 2. The third kappa shape index (κ3) is 5.86. The van der Waals surface area contributed by atoms with Crippen LogP contribution in [0.25, 0.3) is 0 Å². The Morgan fingerprint density at radius 3 is 2.29 bits per heavy atom. The zero-order valence-electron chi connectivity index (χ0n) is 15.5. The predicted molar refractivity (Wildman–Crippen MR) is 105 cm³/mol. The minimum atomic E-state index is -3.75. The minimum absolute atomic E-state index is 0.0743. The largest absolute Gasteiger partial charge is 0.340 e. The van der Waals surface area contributed by atoms with E-state index in [-0.39, 0.29) is 24.6 Å². The monoisotopic (exact) mass is 407 g/mol. The lowest BCUT2D eigenvalue weighted by Gasteiger charge is -2.32. The molecule has 7 nitrogen and oxygen atoms in total. The summed E-state index contributed by atoms with van der Waals surface area (Å²) in [7, 11) is -3.75. The average Bonchev–Trinajstić information content (AvgIpc) is 2.67. The van der Waals surface area contributed by atoms with E-state index in [1.54, 1.807) is 4.90 Å². The van der Waals surface area contributed by atoms with E-state index in [4.69, 9.17) is 0 Å². The summed E-state index contributed by atoms with van der Waals surface area (Å²) in [4.78, 5) is 25.3. The van der Waals surface area contributed by atoms with Gasteiger partial charge in [0.25, 0.3) is 5.91 Å². The molecule has 1 fully saturated rings. The van der Waals surface area contributed by atoms with Crippen LogP contribution in [0.15, 0.2) is 60.1 Å². The highest BCUT2D eigenvalue weighted by Gasteiger charge is 2.26. The van der Waals surface area contributed by atoms with E-state index in [9.17, 15) is 22.4 Å². The number of allylic oxidation sites excluding steroid dienone is 2. The fourth-order valence-corrected chi connectivity index (χ4v) is 3.74. The number of nitrogens with zero attached hydrogens (tertiary/aromatic N) is 2. The third-order valence-corrected chi connectivity index (χ3v) is 5.69. The van der Waals surface area contributed by atoms with Crippen molar-refractivity contribution in [1.29, 1.82) is 0 Å². The second kappa shape index (κ2) is 9.43. The predicted octanol–water partition coefficient (Wildman–Crippen LogP) is 1.88. The highest BCUT2D eigenvalue weighted by atomic mass is 32.2. The van der Waals surface area contributed by atoms with Crippen LogP contribution >= 0.6 is 0 Å². The van der Waals surface area contributed by atoms with E-state index in [0.29, 0.717) is 18.8 Å². The van der Waals surface area contributed by atoms with Gasteiger partial charge in [-0.2, -0.15) is 4.31 Å². The van der Waals surface area contributed by atoms with Crippen LogP contribution in [-0.2, 0) is 19.6 Å². The molecule has 150 valence electrons. The zero-order chi connectivity index (χ0) is 20.7. The quantitative estimate of drug-likeness (QED) is 0.576. The molecule has 1 aliphatic rings. The maximum atomic E-state index is 13.0. The van der Waals surface area contributed by atoms with Crippen molar-refractivity contribution in [3.63, 3.8) is 0 Å². The maximum absolute atomic E-state index is 13.0. The molecule has 28 heavy (non-hydrogen) atoms. The Morgan fingerprint density at radius 1 is 1.14 bits per heavy atom. The molecule has 0 radical (unpaired) electrons. The normalized spacial score (nSPS) is 16.2. The van der Waals surface area contributed by atoms with E-state index in [2.05, 4.69) is 11.9 Å². The number of nitrogens with one attached hydrogen (secondary N) is 1. The first kappa shape index (κ1) is 21.5. The van der Waals surface area contributed by atoms with Gasteiger partial charge in [0, 0.05) is 49.8 Å². The third-order valence-electron chi connectivity index (χ3n) is 4.13. The van der Waals surface area contributed by atoms with E-state index in [1.807, 2.05) is 0 Å². The van der Waals surface area contributed by atoms with Gasteiger partial charge in [-0.3, -0.25) is 9.59 Å². The molecule has 1 aliphatic heterocycles. The summed E-state index contributed by atoms with van der Waals surface area (Å²) in [6, 6.07) is 5.20. The summed E-state index contributed by atoms with van der Waals surface area (Å²) in [5, 5.41) is 3.52. The molecular formula is C19H22FN3O4S. The van der Waals surface area contributed by atoms with Gasteiger partial charge in [-0.1, -0.05) is 18.7 Å². The fraction of sp³-hybridized carbons (Fsp3) is 0.263. The standard InChI is InChI=1S/C19H22FN3O4S/c1-3-4-16(19(25)21-18-7-5-17(20)6-8-18)9-14-28(26,27)23-12-10-22(11-13-23)15(2)24/h3-9,14H,1,10-13H2,2H3,(H,21,25)/b14-9+,16-4+. The molecule has 1 heterocycles. The maximum Gasteiger partial charge on any atom is 0.255 e. The summed E-state index contributed by atoms with van der Waals surface area (Å²) >= 11 is 0. The van der Waals surface area contributed by atoms with Crippen LogP contribution in [-0.4, -0.2) is 55.6 Å². The summed E-state index contributed by atoms with van der Waals surface area (Å²) < 4.78 is 39.2. The Hall–Kier alpha value is -2.78. The van der Waals surface area contributed by atoms with E-state index >= 15 is 0 Å². The summed E-state index contributed by atoms with van der Waals surface area (Å²) in [6.07, 6.45) is 3.92. The molecule has 1 aromatic carbocycles. The van der Waals surface area contributed by atoms with E-state index in [0.717, 1.165) is 5.41 Å². The van der Waals surface area contributed by atoms with Gasteiger partial charge in [0.1, 0.15) is 5.82 Å². The molecule has 2 rings (SSSR count). The number of benzene rings is 1. The molecule has 9 heteroatoms. The lowest BCUT2D eigenvalue weighted by molar-refractivity contribution is -0.130. The number of amides is 2. The molecule has 0 unspecified atom stereocenters. The van der Waals surface area contributed by atoms with E-state index in [1.165, 1.54) is 53.7 Å². The van der Waals surface area contributed by atoms with Crippen LogP contribution in [0.5, 0.6) is 0 Å². The van der Waals surface area contributed by atoms with Crippen molar-refractivity contribution in [1.82, 2.24) is 9.21 Å². The highest BCUT2D eigenvalue weighted by molar-refractivity contribution is 7.92. The lowest BCUT2D eigenvalue weighted by atomic mass is 10.2. The van der Waals surface area contributed by atoms with Crippen LogP contribution in [0.3, 0.4) is 0 Å². The number of sulfonamides is 1. The summed E-state index contributed by atoms with van der Waals surface area (Å²) in [6.45, 7) is 5.99. The number of carbonyl (C=O) groups excluding carboxylic acids is 2. The smallest absolute Gasteiger partial charge is 0.255 e. The van der Waals surface area contributed by atoms with Gasteiger partial charge < -0.3 is 10.2 Å². The van der Waals surface area contributed by atoms with Crippen molar-refractivity contribution in [3.8, 4) is 0 Å². The first-order valence-electron chi connectivity index (χ1n) is 8.56. The Bertz CT molecular complexity index is 900. The Kier molecular flexibility index (Phi) is 7.24. The van der Waals surface area contributed by atoms with Gasteiger partial charge in [0.15, 0.2) is 0 Å². The molecule has 0 aliphatic carbocycles. The van der Waals surface area contributed by atoms with Crippen molar-refractivity contribution in [3.05, 3.63) is 65.9 Å². The molecule has 0 spiro atoms. The second-order valence-electron chi connectivity index (χ2n) is 6.07. The summed E-state index contributed by atoms with van der Waals surface area (Å²) in [5.74, 6) is -1.09. The topological polar surface area (TPSA) is 86.8 Å². The average molecular weight is 407 g/mol. The molecule has 0 atom stereocenters. The lowest BCUT2D eigenvalue weighted by Crippen LogP contribution is -2.49. The summed E-state index contributed by atoms with van der Waals surface area (Å²) in [5.41, 5.74) is 0.447. The molecule has 0 saturated carbocycles.